The number of benzene rings is 2. The summed E-state index contributed by atoms with van der Waals surface area (Å²) in [4.78, 5) is 0. The van der Waals surface area contributed by atoms with E-state index in [4.69, 9.17) is 4.42 Å². The molecule has 0 bridgehead atoms. The molecule has 0 atom stereocenters. The minimum Gasteiger partial charge on any atom is -0.504 e. The van der Waals surface area contributed by atoms with Crippen LogP contribution < -0.4 is 0 Å². The normalized spacial score (nSPS) is 11.5. The Morgan fingerprint density at radius 1 is 1.06 bits per heavy atom. The number of rotatable bonds is 0. The van der Waals surface area contributed by atoms with Crippen LogP contribution in [0.1, 0.15) is 0 Å². The molecule has 1 N–H and O–H groups in total. The van der Waals surface area contributed by atoms with Crippen molar-refractivity contribution in [1.82, 2.24) is 0 Å². The van der Waals surface area contributed by atoms with Crippen molar-refractivity contribution in [2.75, 3.05) is 0 Å². The van der Waals surface area contributed by atoms with E-state index in [2.05, 4.69) is 47.8 Å². The van der Waals surface area contributed by atoms with Crippen LogP contribution in [0.25, 0.3) is 21.9 Å². The predicted octanol–water partition coefficient (Wildman–Crippen LogP) is 5.58. The van der Waals surface area contributed by atoms with Crippen LogP contribution >= 0.6 is 47.8 Å². The second-order valence-electron chi connectivity index (χ2n) is 3.64. The molecule has 0 aliphatic carbocycles. The van der Waals surface area contributed by atoms with Gasteiger partial charge in [0.05, 0.1) is 0 Å². The quantitative estimate of drug-likeness (QED) is 0.515. The van der Waals surface area contributed by atoms with Crippen molar-refractivity contribution < 1.29 is 9.52 Å². The number of hydrogen-bond acceptors (Lipinski definition) is 2. The standard InChI is InChI=1S/C12H5Br3O2/c13-5-1-2-9-6(3-5)10-11(15)7(14)4-8(16)12(10)17-9/h1-4,16H. The Kier molecular flexibility index (Phi) is 2.72. The van der Waals surface area contributed by atoms with Gasteiger partial charge in [-0.15, -0.1) is 0 Å². The third kappa shape index (κ3) is 1.72. The molecule has 5 heteroatoms. The number of phenolic OH excluding ortho intramolecular Hbond substituents is 1. The van der Waals surface area contributed by atoms with E-state index in [-0.39, 0.29) is 5.75 Å². The third-order valence-corrected chi connectivity index (χ3v) is 5.05. The Bertz CT molecular complexity index is 746. The van der Waals surface area contributed by atoms with E-state index < -0.39 is 0 Å². The average Bonchev–Trinajstić information content (AvgIpc) is 2.65. The van der Waals surface area contributed by atoms with Gasteiger partial charge in [0.15, 0.2) is 11.3 Å². The van der Waals surface area contributed by atoms with Crippen LogP contribution in [0.3, 0.4) is 0 Å². The molecule has 0 radical (unpaired) electrons. The van der Waals surface area contributed by atoms with Crippen molar-refractivity contribution in [2.24, 2.45) is 0 Å². The van der Waals surface area contributed by atoms with Crippen molar-refractivity contribution in [3.8, 4) is 5.75 Å². The Morgan fingerprint density at radius 3 is 2.59 bits per heavy atom. The third-order valence-electron chi connectivity index (χ3n) is 2.58. The Labute approximate surface area is 122 Å². The topological polar surface area (TPSA) is 33.4 Å². The number of halogens is 3. The molecule has 0 unspecified atom stereocenters. The summed E-state index contributed by atoms with van der Waals surface area (Å²) in [6, 6.07) is 7.37. The van der Waals surface area contributed by atoms with E-state index in [0.29, 0.717) is 5.58 Å². The van der Waals surface area contributed by atoms with E-state index in [1.165, 1.54) is 0 Å². The first-order valence-corrected chi connectivity index (χ1v) is 7.14. The van der Waals surface area contributed by atoms with Gasteiger partial charge < -0.3 is 9.52 Å². The molecule has 0 amide bonds. The summed E-state index contributed by atoms with van der Waals surface area (Å²) in [7, 11) is 0. The molecule has 1 aromatic heterocycles. The van der Waals surface area contributed by atoms with Gasteiger partial charge in [-0.3, -0.25) is 0 Å². The van der Waals surface area contributed by atoms with Gasteiger partial charge in [-0.05, 0) is 56.1 Å². The summed E-state index contributed by atoms with van der Waals surface area (Å²) in [5.41, 5.74) is 1.24. The van der Waals surface area contributed by atoms with E-state index in [9.17, 15) is 5.11 Å². The number of hydrogen-bond donors (Lipinski definition) is 1. The highest BCUT2D eigenvalue weighted by atomic mass is 79.9. The summed E-state index contributed by atoms with van der Waals surface area (Å²) >= 11 is 10.3. The Hall–Kier alpha value is -0.520. The molecular weight excluding hydrogens is 416 g/mol. The maximum atomic E-state index is 9.89. The molecule has 0 saturated carbocycles. The molecule has 0 spiro atoms. The smallest absolute Gasteiger partial charge is 0.178 e. The zero-order valence-electron chi connectivity index (χ0n) is 8.30. The van der Waals surface area contributed by atoms with Crippen LogP contribution in [-0.4, -0.2) is 5.11 Å². The highest BCUT2D eigenvalue weighted by molar-refractivity contribution is 9.13. The molecule has 2 aromatic carbocycles. The van der Waals surface area contributed by atoms with Crippen LogP contribution in [0.4, 0.5) is 0 Å². The van der Waals surface area contributed by atoms with Gasteiger partial charge in [-0.1, -0.05) is 15.9 Å². The van der Waals surface area contributed by atoms with E-state index in [0.717, 1.165) is 29.8 Å². The van der Waals surface area contributed by atoms with Gasteiger partial charge in [-0.2, -0.15) is 0 Å². The lowest BCUT2D eigenvalue weighted by molar-refractivity contribution is 0.468. The summed E-state index contributed by atoms with van der Waals surface area (Å²) < 4.78 is 8.30. The monoisotopic (exact) mass is 418 g/mol. The van der Waals surface area contributed by atoms with Crippen molar-refractivity contribution >= 4 is 69.7 Å². The van der Waals surface area contributed by atoms with Crippen LogP contribution in [0.15, 0.2) is 42.1 Å². The molecule has 17 heavy (non-hydrogen) atoms. The van der Waals surface area contributed by atoms with Gasteiger partial charge in [0.1, 0.15) is 5.58 Å². The fraction of sp³-hybridized carbons (Fsp3) is 0. The van der Waals surface area contributed by atoms with Crippen molar-refractivity contribution in [2.45, 2.75) is 0 Å². The fourth-order valence-electron chi connectivity index (χ4n) is 1.84. The summed E-state index contributed by atoms with van der Waals surface area (Å²) in [5, 5.41) is 11.7. The minimum atomic E-state index is 0.127. The van der Waals surface area contributed by atoms with E-state index in [1.807, 2.05) is 18.2 Å². The van der Waals surface area contributed by atoms with Crippen LogP contribution in [0, 0.1) is 0 Å². The lowest BCUT2D eigenvalue weighted by Gasteiger charge is -2.00. The van der Waals surface area contributed by atoms with Crippen molar-refractivity contribution in [3.05, 3.63) is 37.7 Å². The van der Waals surface area contributed by atoms with Crippen molar-refractivity contribution in [1.29, 1.82) is 0 Å². The number of aromatic hydroxyl groups is 1. The molecule has 0 saturated heterocycles. The molecular formula is C12H5Br3O2. The molecule has 3 rings (SSSR count). The largest absolute Gasteiger partial charge is 0.504 e. The van der Waals surface area contributed by atoms with E-state index >= 15 is 0 Å². The average molecular weight is 421 g/mol. The fourth-order valence-corrected chi connectivity index (χ4v) is 3.12. The minimum absolute atomic E-state index is 0.127. The second-order valence-corrected chi connectivity index (χ2v) is 6.20. The maximum absolute atomic E-state index is 9.89. The molecule has 3 aromatic rings. The highest BCUT2D eigenvalue weighted by Gasteiger charge is 2.16. The predicted molar refractivity (Wildman–Crippen MR) is 78.5 cm³/mol. The van der Waals surface area contributed by atoms with Gasteiger partial charge >= 0.3 is 0 Å². The van der Waals surface area contributed by atoms with Gasteiger partial charge in [-0.25, -0.2) is 0 Å². The van der Waals surface area contributed by atoms with E-state index in [1.54, 1.807) is 6.07 Å². The second kappa shape index (κ2) is 4.00. The summed E-state index contributed by atoms with van der Waals surface area (Å²) in [6.45, 7) is 0. The molecule has 1 heterocycles. The molecule has 86 valence electrons. The zero-order valence-corrected chi connectivity index (χ0v) is 13.1. The maximum Gasteiger partial charge on any atom is 0.178 e. The van der Waals surface area contributed by atoms with Crippen molar-refractivity contribution in [3.63, 3.8) is 0 Å². The van der Waals surface area contributed by atoms with Crippen LogP contribution in [0.2, 0.25) is 0 Å². The molecule has 0 aliphatic heterocycles. The first-order chi connectivity index (χ1) is 8.08. The molecule has 2 nitrogen and oxygen atoms in total. The van der Waals surface area contributed by atoms with Gasteiger partial charge in [0.2, 0.25) is 0 Å². The van der Waals surface area contributed by atoms with Gasteiger partial charge in [0, 0.05) is 24.2 Å². The van der Waals surface area contributed by atoms with Crippen LogP contribution in [-0.2, 0) is 0 Å². The summed E-state index contributed by atoms with van der Waals surface area (Å²) in [6.07, 6.45) is 0. The highest BCUT2D eigenvalue weighted by Crippen LogP contribution is 2.43. The van der Waals surface area contributed by atoms with Gasteiger partial charge in [0.25, 0.3) is 0 Å². The zero-order chi connectivity index (χ0) is 12.2. The number of fused-ring (bicyclic) bond motifs is 3. The Morgan fingerprint density at radius 2 is 1.82 bits per heavy atom. The SMILES string of the molecule is Oc1cc(Br)c(Br)c2c1oc1ccc(Br)cc12. The molecule has 0 aliphatic rings. The first-order valence-electron chi connectivity index (χ1n) is 4.76. The number of furan rings is 1. The first kappa shape index (κ1) is 11.6. The van der Waals surface area contributed by atoms with Crippen LogP contribution in [0.5, 0.6) is 5.75 Å². The summed E-state index contributed by atoms with van der Waals surface area (Å²) in [5.74, 6) is 0.127. The lowest BCUT2D eigenvalue weighted by atomic mass is 10.1. The lowest BCUT2D eigenvalue weighted by Crippen LogP contribution is -1.74. The number of phenols is 1. The molecule has 0 fully saturated rings. The Balaban J connectivity index is 2.63.